The van der Waals surface area contributed by atoms with Crippen LogP contribution in [0.1, 0.15) is 37.8 Å². The molecule has 2 rings (SSSR count). The van der Waals surface area contributed by atoms with Crippen molar-refractivity contribution >= 4 is 21.7 Å². The summed E-state index contributed by atoms with van der Waals surface area (Å²) >= 11 is 5.93. The first-order valence-electron chi connectivity index (χ1n) is 7.72. The van der Waals surface area contributed by atoms with Gasteiger partial charge in [0, 0.05) is 5.02 Å². The van der Waals surface area contributed by atoms with Crippen molar-refractivity contribution in [1.82, 2.24) is 0 Å². The highest BCUT2D eigenvalue weighted by Crippen LogP contribution is 2.31. The summed E-state index contributed by atoms with van der Waals surface area (Å²) in [6.45, 7) is 8.21. The minimum Gasteiger partial charge on any atom is -0.492 e. The lowest BCUT2D eigenvalue weighted by Crippen LogP contribution is -2.12. The van der Waals surface area contributed by atoms with Crippen LogP contribution in [0.4, 0.5) is 0 Å². The van der Waals surface area contributed by atoms with E-state index in [4.69, 9.17) is 20.5 Å². The van der Waals surface area contributed by atoms with Gasteiger partial charge in [0.05, 0.1) is 6.61 Å². The number of aryl methyl sites for hydroxylation is 1. The second-order valence-electron chi connectivity index (χ2n) is 5.73. The molecule has 0 atom stereocenters. The summed E-state index contributed by atoms with van der Waals surface area (Å²) in [7, 11) is -4.05. The lowest BCUT2D eigenvalue weighted by Gasteiger charge is -2.14. The van der Waals surface area contributed by atoms with Gasteiger partial charge in [0.1, 0.15) is 16.4 Å². The first kappa shape index (κ1) is 18.6. The molecule has 0 N–H and O–H groups in total. The van der Waals surface area contributed by atoms with Gasteiger partial charge >= 0.3 is 10.1 Å². The fourth-order valence-corrected chi connectivity index (χ4v) is 3.80. The molecule has 0 radical (unpaired) electrons. The van der Waals surface area contributed by atoms with Gasteiger partial charge in [0.15, 0.2) is 0 Å². The van der Waals surface area contributed by atoms with Gasteiger partial charge in [0.25, 0.3) is 0 Å². The topological polar surface area (TPSA) is 52.6 Å². The minimum atomic E-state index is -4.05. The van der Waals surface area contributed by atoms with Crippen LogP contribution in [0.3, 0.4) is 0 Å². The molecule has 0 saturated carbocycles. The predicted octanol–water partition coefficient (Wildman–Crippen LogP) is 4.94. The maximum atomic E-state index is 12.6. The molecule has 4 nitrogen and oxygen atoms in total. The van der Waals surface area contributed by atoms with Gasteiger partial charge in [-0.1, -0.05) is 31.5 Å². The van der Waals surface area contributed by atoms with Crippen molar-refractivity contribution in [2.75, 3.05) is 6.61 Å². The molecule has 0 bridgehead atoms. The summed E-state index contributed by atoms with van der Waals surface area (Å²) < 4.78 is 35.9. The monoisotopic (exact) mass is 368 g/mol. The molecule has 0 unspecified atom stereocenters. The number of hydrogen-bond acceptors (Lipinski definition) is 4. The molecule has 0 aliphatic carbocycles. The number of ether oxygens (including phenoxy) is 1. The van der Waals surface area contributed by atoms with Gasteiger partial charge in [-0.15, -0.1) is 0 Å². The van der Waals surface area contributed by atoms with Crippen LogP contribution in [-0.4, -0.2) is 15.0 Å². The van der Waals surface area contributed by atoms with E-state index in [9.17, 15) is 8.42 Å². The molecule has 0 heterocycles. The Balaban J connectivity index is 2.39. The lowest BCUT2D eigenvalue weighted by molar-refractivity contribution is 0.329. The van der Waals surface area contributed by atoms with Crippen molar-refractivity contribution < 1.29 is 17.3 Å². The average Bonchev–Trinajstić information content (AvgIpc) is 2.48. The Kier molecular flexibility index (Phi) is 5.78. The fourth-order valence-electron chi connectivity index (χ4n) is 2.47. The molecule has 0 fully saturated rings. The summed E-state index contributed by atoms with van der Waals surface area (Å²) in [4.78, 5) is -0.0811. The Morgan fingerprint density at radius 3 is 2.42 bits per heavy atom. The molecule has 6 heteroatoms. The normalized spacial score (nSPS) is 11.6. The highest BCUT2D eigenvalue weighted by Gasteiger charge is 2.23. The van der Waals surface area contributed by atoms with Crippen molar-refractivity contribution in [3.8, 4) is 11.5 Å². The van der Waals surface area contributed by atoms with E-state index in [2.05, 4.69) is 13.8 Å². The number of benzene rings is 2. The van der Waals surface area contributed by atoms with Crippen molar-refractivity contribution in [2.45, 2.75) is 38.5 Å². The molecule has 130 valence electrons. The molecule has 0 spiro atoms. The van der Waals surface area contributed by atoms with Crippen LogP contribution in [0.2, 0.25) is 5.02 Å². The summed E-state index contributed by atoms with van der Waals surface area (Å²) in [5.41, 5.74) is 2.13. The van der Waals surface area contributed by atoms with E-state index in [1.54, 1.807) is 25.1 Å². The van der Waals surface area contributed by atoms with Crippen LogP contribution in [0.5, 0.6) is 11.5 Å². The maximum absolute atomic E-state index is 12.6. The molecule has 2 aromatic carbocycles. The highest BCUT2D eigenvalue weighted by atomic mass is 35.5. The summed E-state index contributed by atoms with van der Waals surface area (Å²) in [6, 6.07) is 9.69. The van der Waals surface area contributed by atoms with E-state index >= 15 is 0 Å². The molecular formula is C18H21ClO4S. The zero-order valence-corrected chi connectivity index (χ0v) is 15.7. The molecule has 2 aromatic rings. The predicted molar refractivity (Wildman–Crippen MR) is 95.7 cm³/mol. The Labute approximate surface area is 148 Å². The van der Waals surface area contributed by atoms with Gasteiger partial charge in [-0.2, -0.15) is 8.42 Å². The second-order valence-corrected chi connectivity index (χ2v) is 7.69. The third-order valence-corrected chi connectivity index (χ3v) is 5.05. The van der Waals surface area contributed by atoms with Crippen LogP contribution in [0.25, 0.3) is 0 Å². The molecule has 0 aliphatic heterocycles. The molecule has 0 aromatic heterocycles. The average molecular weight is 369 g/mol. The number of rotatable bonds is 6. The van der Waals surface area contributed by atoms with Crippen molar-refractivity contribution in [3.63, 3.8) is 0 Å². The molecule has 24 heavy (non-hydrogen) atoms. The van der Waals surface area contributed by atoms with E-state index in [1.165, 1.54) is 12.1 Å². The zero-order chi connectivity index (χ0) is 17.9. The molecule has 0 aliphatic rings. The van der Waals surface area contributed by atoms with Gasteiger partial charge in [-0.3, -0.25) is 0 Å². The smallest absolute Gasteiger partial charge is 0.342 e. The Morgan fingerprint density at radius 1 is 1.12 bits per heavy atom. The first-order valence-corrected chi connectivity index (χ1v) is 9.50. The van der Waals surface area contributed by atoms with Crippen LogP contribution in [0, 0.1) is 6.92 Å². The quantitative estimate of drug-likeness (QED) is 0.678. The maximum Gasteiger partial charge on any atom is 0.342 e. The largest absolute Gasteiger partial charge is 0.492 e. The molecule has 0 amide bonds. The minimum absolute atomic E-state index is 0.0811. The van der Waals surface area contributed by atoms with Gasteiger partial charge in [-0.25, -0.2) is 0 Å². The Morgan fingerprint density at radius 2 is 1.83 bits per heavy atom. The third-order valence-electron chi connectivity index (χ3n) is 3.54. The van der Waals surface area contributed by atoms with E-state index in [0.717, 1.165) is 11.1 Å². The van der Waals surface area contributed by atoms with Crippen molar-refractivity contribution in [3.05, 3.63) is 52.5 Å². The van der Waals surface area contributed by atoms with Crippen LogP contribution in [0.15, 0.2) is 41.3 Å². The number of halogens is 1. The van der Waals surface area contributed by atoms with Gasteiger partial charge in [0.2, 0.25) is 0 Å². The van der Waals surface area contributed by atoms with Gasteiger partial charge in [-0.05, 0) is 61.2 Å². The Bertz CT molecular complexity index is 829. The van der Waals surface area contributed by atoms with Crippen molar-refractivity contribution in [1.29, 1.82) is 0 Å². The zero-order valence-electron chi connectivity index (χ0n) is 14.2. The third kappa shape index (κ3) is 4.22. The van der Waals surface area contributed by atoms with Crippen LogP contribution in [-0.2, 0) is 10.1 Å². The van der Waals surface area contributed by atoms with E-state index in [-0.39, 0.29) is 16.4 Å². The molecule has 0 saturated heterocycles. The van der Waals surface area contributed by atoms with E-state index in [0.29, 0.717) is 17.5 Å². The van der Waals surface area contributed by atoms with Gasteiger partial charge < -0.3 is 8.92 Å². The first-order chi connectivity index (χ1) is 11.2. The number of hydrogen-bond donors (Lipinski definition) is 0. The second kappa shape index (κ2) is 7.45. The molecular weight excluding hydrogens is 348 g/mol. The lowest BCUT2D eigenvalue weighted by atomic mass is 9.98. The SMILES string of the molecule is CCOc1ccc(Cl)cc1S(=O)(=O)Oc1ccc(C(C)C)c(C)c1. The standard InChI is InChI=1S/C18H21ClO4S/c1-5-22-17-9-6-14(19)11-18(17)24(20,21)23-15-7-8-16(12(2)3)13(4)10-15/h6-12H,5H2,1-4H3. The van der Waals surface area contributed by atoms with Crippen LogP contribution < -0.4 is 8.92 Å². The summed E-state index contributed by atoms with van der Waals surface area (Å²) in [6.07, 6.45) is 0. The van der Waals surface area contributed by atoms with Crippen molar-refractivity contribution in [2.24, 2.45) is 0 Å². The van der Waals surface area contributed by atoms with Crippen LogP contribution >= 0.6 is 11.6 Å². The fraction of sp³-hybridized carbons (Fsp3) is 0.333. The Hall–Kier alpha value is -1.72. The highest BCUT2D eigenvalue weighted by molar-refractivity contribution is 7.87. The van der Waals surface area contributed by atoms with E-state index < -0.39 is 10.1 Å². The van der Waals surface area contributed by atoms with E-state index in [1.807, 2.05) is 13.0 Å². The summed E-state index contributed by atoms with van der Waals surface area (Å²) in [5.74, 6) is 0.838. The summed E-state index contributed by atoms with van der Waals surface area (Å²) in [5, 5.41) is 0.298.